The van der Waals surface area contributed by atoms with Crippen LogP contribution in [0.2, 0.25) is 0 Å². The summed E-state index contributed by atoms with van der Waals surface area (Å²) in [6.07, 6.45) is 13.7. The smallest absolute Gasteiger partial charge is 0.253 e. The van der Waals surface area contributed by atoms with Crippen molar-refractivity contribution in [2.75, 3.05) is 12.8 Å². The molecule has 1 aliphatic heterocycles. The zero-order valence-corrected chi connectivity index (χ0v) is 22.5. The number of nitrogens with one attached hydrogen (secondary N) is 3. The van der Waals surface area contributed by atoms with Gasteiger partial charge in [0, 0.05) is 25.0 Å². The largest absolute Gasteiger partial charge is 0.367 e. The van der Waals surface area contributed by atoms with E-state index in [0.29, 0.717) is 12.1 Å². The van der Waals surface area contributed by atoms with Gasteiger partial charge in [-0.25, -0.2) is 8.42 Å². The van der Waals surface area contributed by atoms with Gasteiger partial charge in [0.2, 0.25) is 0 Å². The molecule has 1 aromatic carbocycles. The van der Waals surface area contributed by atoms with Gasteiger partial charge in [0.05, 0.1) is 10.5 Å². The fraction of sp³-hybridized carbons (Fsp3) is 0.444. The van der Waals surface area contributed by atoms with Crippen LogP contribution in [0.15, 0.2) is 77.5 Å². The van der Waals surface area contributed by atoms with Crippen molar-refractivity contribution in [3.63, 3.8) is 0 Å². The Balaban J connectivity index is 0.00000101. The molecule has 0 aromatic heterocycles. The SMILES string of the molecule is C=C(C)/C=C\C(=C/N/C=C\C)C(=O)NCc1ccc(S(C)(=O)=O)cc1.CCC.CCC1CCN1. The van der Waals surface area contributed by atoms with Gasteiger partial charge in [0.25, 0.3) is 5.91 Å². The normalized spacial score (nSPS) is 15.5. The van der Waals surface area contributed by atoms with Crippen LogP contribution in [0.3, 0.4) is 0 Å². The highest BCUT2D eigenvalue weighted by atomic mass is 32.2. The van der Waals surface area contributed by atoms with Crippen molar-refractivity contribution in [2.24, 2.45) is 0 Å². The van der Waals surface area contributed by atoms with Gasteiger partial charge in [-0.1, -0.05) is 63.6 Å². The van der Waals surface area contributed by atoms with Gasteiger partial charge in [-0.2, -0.15) is 0 Å². The van der Waals surface area contributed by atoms with Crippen molar-refractivity contribution in [3.05, 3.63) is 78.2 Å². The zero-order chi connectivity index (χ0) is 26.0. The molecule has 1 unspecified atom stereocenters. The molecule has 1 fully saturated rings. The number of carbonyl (C=O) groups excluding carboxylic acids is 1. The van der Waals surface area contributed by atoms with Gasteiger partial charge >= 0.3 is 0 Å². The van der Waals surface area contributed by atoms with E-state index in [-0.39, 0.29) is 10.8 Å². The second kappa shape index (κ2) is 17.8. The van der Waals surface area contributed by atoms with Crippen molar-refractivity contribution in [1.82, 2.24) is 16.0 Å². The minimum Gasteiger partial charge on any atom is -0.367 e. The zero-order valence-electron chi connectivity index (χ0n) is 21.6. The average Bonchev–Trinajstić information content (AvgIpc) is 2.74. The summed E-state index contributed by atoms with van der Waals surface area (Å²) >= 11 is 0. The van der Waals surface area contributed by atoms with Crippen molar-refractivity contribution >= 4 is 15.7 Å². The standard InChI is InChI=1S/C19H24N2O3S.C5H11N.C3H8/c1-5-12-20-14-17(9-6-15(2)3)19(22)21-13-16-7-10-18(11-8-16)25(4,23)24;1-2-5-3-4-6-5;1-3-2/h5-12,14,20H,2,13H2,1,3-4H3,(H,21,22);5-6H,2-4H2,1H3;3H2,1-2H3/b9-6-,12-5-,17-14+;;. The molecule has 1 atom stereocenters. The van der Waals surface area contributed by atoms with Crippen LogP contribution in [0.1, 0.15) is 59.4 Å². The number of rotatable bonds is 9. The lowest BCUT2D eigenvalue weighted by Gasteiger charge is -2.25. The Hall–Kier alpha value is -2.64. The van der Waals surface area contributed by atoms with E-state index < -0.39 is 9.84 Å². The fourth-order valence-electron chi connectivity index (χ4n) is 2.49. The number of sulfone groups is 1. The van der Waals surface area contributed by atoms with Crippen LogP contribution in [0.25, 0.3) is 0 Å². The van der Waals surface area contributed by atoms with E-state index in [1.165, 1.54) is 37.9 Å². The summed E-state index contributed by atoms with van der Waals surface area (Å²) in [7, 11) is -3.22. The summed E-state index contributed by atoms with van der Waals surface area (Å²) in [5.41, 5.74) is 2.10. The molecular weight excluding hydrogens is 446 g/mol. The molecule has 0 spiro atoms. The number of carbonyl (C=O) groups is 1. The molecule has 0 saturated carbocycles. The molecule has 1 heterocycles. The quantitative estimate of drug-likeness (QED) is 0.335. The van der Waals surface area contributed by atoms with Gasteiger partial charge in [0.1, 0.15) is 0 Å². The lowest BCUT2D eigenvalue weighted by molar-refractivity contribution is -0.117. The van der Waals surface area contributed by atoms with Crippen LogP contribution in [0.5, 0.6) is 0 Å². The Morgan fingerprint density at radius 3 is 2.15 bits per heavy atom. The van der Waals surface area contributed by atoms with Crippen LogP contribution >= 0.6 is 0 Å². The molecule has 190 valence electrons. The Kier molecular flexibility index (Phi) is 16.4. The Labute approximate surface area is 207 Å². The molecule has 0 bridgehead atoms. The monoisotopic (exact) mass is 489 g/mol. The van der Waals surface area contributed by atoms with Crippen molar-refractivity contribution in [1.29, 1.82) is 0 Å². The van der Waals surface area contributed by atoms with Gasteiger partial charge in [-0.3, -0.25) is 4.79 Å². The number of hydrogen-bond acceptors (Lipinski definition) is 5. The number of amides is 1. The van der Waals surface area contributed by atoms with E-state index in [4.69, 9.17) is 0 Å². The van der Waals surface area contributed by atoms with Crippen molar-refractivity contribution in [2.45, 2.75) is 71.4 Å². The molecule has 1 aromatic rings. The summed E-state index contributed by atoms with van der Waals surface area (Å²) in [6, 6.07) is 7.29. The molecular formula is C27H43N3O3S. The van der Waals surface area contributed by atoms with E-state index in [2.05, 4.69) is 43.3 Å². The first-order chi connectivity index (χ1) is 16.1. The van der Waals surface area contributed by atoms with Crippen LogP contribution in [-0.2, 0) is 21.2 Å². The van der Waals surface area contributed by atoms with Crippen LogP contribution < -0.4 is 16.0 Å². The van der Waals surface area contributed by atoms with Gasteiger partial charge in [-0.05, 0) is 63.2 Å². The summed E-state index contributed by atoms with van der Waals surface area (Å²) in [6.45, 7) is 15.5. The van der Waals surface area contributed by atoms with Crippen LogP contribution in [0, 0.1) is 0 Å². The minimum atomic E-state index is -3.22. The lowest BCUT2D eigenvalue weighted by atomic mass is 10.1. The topological polar surface area (TPSA) is 87.3 Å². The summed E-state index contributed by atoms with van der Waals surface area (Å²) in [4.78, 5) is 12.6. The summed E-state index contributed by atoms with van der Waals surface area (Å²) in [5.74, 6) is -0.248. The number of allylic oxidation sites excluding steroid dienone is 3. The highest BCUT2D eigenvalue weighted by Crippen LogP contribution is 2.10. The molecule has 0 aliphatic carbocycles. The van der Waals surface area contributed by atoms with Crippen LogP contribution in [0.4, 0.5) is 0 Å². The minimum absolute atomic E-state index is 0.248. The first kappa shape index (κ1) is 31.4. The average molecular weight is 490 g/mol. The third kappa shape index (κ3) is 14.5. The maximum Gasteiger partial charge on any atom is 0.253 e. The molecule has 1 saturated heterocycles. The van der Waals surface area contributed by atoms with E-state index in [1.54, 1.807) is 36.7 Å². The molecule has 0 radical (unpaired) electrons. The summed E-state index contributed by atoms with van der Waals surface area (Å²) in [5, 5.41) is 9.01. The lowest BCUT2D eigenvalue weighted by Crippen LogP contribution is -2.41. The number of hydrogen-bond donors (Lipinski definition) is 3. The van der Waals surface area contributed by atoms with E-state index in [0.717, 1.165) is 23.4 Å². The maximum absolute atomic E-state index is 12.3. The van der Waals surface area contributed by atoms with E-state index >= 15 is 0 Å². The third-order valence-corrected chi connectivity index (χ3v) is 5.66. The maximum atomic E-state index is 12.3. The third-order valence-electron chi connectivity index (χ3n) is 4.53. The van der Waals surface area contributed by atoms with Gasteiger partial charge in [-0.15, -0.1) is 0 Å². The van der Waals surface area contributed by atoms with Crippen LogP contribution in [-0.4, -0.2) is 33.2 Å². The summed E-state index contributed by atoms with van der Waals surface area (Å²) < 4.78 is 22.9. The Morgan fingerprint density at radius 1 is 1.18 bits per heavy atom. The Morgan fingerprint density at radius 2 is 1.76 bits per heavy atom. The molecule has 2 rings (SSSR count). The predicted molar refractivity (Wildman–Crippen MR) is 144 cm³/mol. The first-order valence-corrected chi connectivity index (χ1v) is 13.7. The van der Waals surface area contributed by atoms with Gasteiger partial charge in [0.15, 0.2) is 9.84 Å². The highest BCUT2D eigenvalue weighted by molar-refractivity contribution is 7.90. The predicted octanol–water partition coefficient (Wildman–Crippen LogP) is 5.02. The highest BCUT2D eigenvalue weighted by Gasteiger charge is 2.12. The number of benzene rings is 1. The fourth-order valence-corrected chi connectivity index (χ4v) is 3.12. The second-order valence-corrected chi connectivity index (χ2v) is 10.1. The molecule has 3 N–H and O–H groups in total. The van der Waals surface area contributed by atoms with Crippen molar-refractivity contribution in [3.8, 4) is 0 Å². The molecule has 6 nitrogen and oxygen atoms in total. The van der Waals surface area contributed by atoms with E-state index in [9.17, 15) is 13.2 Å². The molecule has 1 amide bonds. The second-order valence-electron chi connectivity index (χ2n) is 8.10. The van der Waals surface area contributed by atoms with E-state index in [1.807, 2.05) is 19.9 Å². The Bertz CT molecular complexity index is 924. The first-order valence-electron chi connectivity index (χ1n) is 11.8. The van der Waals surface area contributed by atoms with Crippen molar-refractivity contribution < 1.29 is 13.2 Å². The molecule has 34 heavy (non-hydrogen) atoms. The molecule has 1 aliphatic rings. The van der Waals surface area contributed by atoms with Gasteiger partial charge < -0.3 is 16.0 Å². The molecule has 7 heteroatoms.